The van der Waals surface area contributed by atoms with E-state index in [4.69, 9.17) is 14.2 Å². The van der Waals surface area contributed by atoms with Crippen LogP contribution in [-0.4, -0.2) is 71.9 Å². The van der Waals surface area contributed by atoms with Crippen LogP contribution in [0.5, 0.6) is 11.5 Å². The fraction of sp³-hybridized carbons (Fsp3) is 0.455. The molecule has 3 aromatic rings. The number of nitrogens with one attached hydrogen (secondary N) is 2. The second-order valence-electron chi connectivity index (χ2n) is 6.87. The third-order valence-corrected chi connectivity index (χ3v) is 5.44. The van der Waals surface area contributed by atoms with Gasteiger partial charge in [-0.3, -0.25) is 4.79 Å². The Morgan fingerprint density at radius 2 is 1.85 bits per heavy atom. The number of rotatable bonds is 13. The van der Waals surface area contributed by atoms with Crippen LogP contribution in [0.1, 0.15) is 24.2 Å². The van der Waals surface area contributed by atoms with Crippen molar-refractivity contribution in [1.29, 1.82) is 0 Å². The summed E-state index contributed by atoms with van der Waals surface area (Å²) in [6, 6.07) is 5.06. The third kappa shape index (κ3) is 6.48. The Labute approximate surface area is 197 Å². The molecule has 1 aromatic carbocycles. The molecule has 2 aromatic heterocycles. The molecule has 0 saturated carbocycles. The van der Waals surface area contributed by atoms with E-state index in [-0.39, 0.29) is 5.91 Å². The van der Waals surface area contributed by atoms with Crippen molar-refractivity contribution >= 4 is 34.5 Å². The van der Waals surface area contributed by atoms with Crippen LogP contribution in [0, 0.1) is 0 Å². The summed E-state index contributed by atoms with van der Waals surface area (Å²) in [6.07, 6.45) is 1.74. The monoisotopic (exact) mass is 474 g/mol. The van der Waals surface area contributed by atoms with Crippen molar-refractivity contribution in [2.45, 2.75) is 25.5 Å². The number of nitrogens with zero attached hydrogens (tertiary/aromatic N) is 4. The van der Waals surface area contributed by atoms with Gasteiger partial charge in [-0.2, -0.15) is 5.10 Å². The van der Waals surface area contributed by atoms with Gasteiger partial charge >= 0.3 is 0 Å². The minimum atomic E-state index is -0.223. The first-order chi connectivity index (χ1) is 16.1. The predicted molar refractivity (Wildman–Crippen MR) is 129 cm³/mol. The number of ether oxygens (including phenoxy) is 3. The summed E-state index contributed by atoms with van der Waals surface area (Å²) in [5.41, 5.74) is 1.18. The van der Waals surface area contributed by atoms with Gasteiger partial charge in [0.2, 0.25) is 0 Å². The Morgan fingerprint density at radius 3 is 2.52 bits per heavy atom. The van der Waals surface area contributed by atoms with E-state index >= 15 is 0 Å². The molecular weight excluding hydrogens is 444 g/mol. The molecule has 1 amide bonds. The smallest absolute Gasteiger partial charge is 0.251 e. The van der Waals surface area contributed by atoms with E-state index in [0.717, 1.165) is 22.6 Å². The average molecular weight is 475 g/mol. The van der Waals surface area contributed by atoms with E-state index in [1.165, 1.54) is 0 Å². The predicted octanol–water partition coefficient (Wildman–Crippen LogP) is 2.83. The number of thioether (sulfide) groups is 1. The highest BCUT2D eigenvalue weighted by molar-refractivity contribution is 7.99. The second kappa shape index (κ2) is 12.3. The normalized spacial score (nSPS) is 10.9. The number of carbonyl (C=O) groups is 1. The fourth-order valence-corrected chi connectivity index (χ4v) is 3.69. The van der Waals surface area contributed by atoms with Crippen molar-refractivity contribution in [3.05, 3.63) is 30.0 Å². The maximum atomic E-state index is 12.6. The Morgan fingerprint density at radius 1 is 1.09 bits per heavy atom. The quantitative estimate of drug-likeness (QED) is 0.219. The summed E-state index contributed by atoms with van der Waals surface area (Å²) in [7, 11) is 3.10. The molecule has 0 aliphatic carbocycles. The van der Waals surface area contributed by atoms with Crippen LogP contribution < -0.4 is 20.1 Å². The Kier molecular flexibility index (Phi) is 9.14. The van der Waals surface area contributed by atoms with Crippen molar-refractivity contribution in [2.75, 3.05) is 51.6 Å². The van der Waals surface area contributed by atoms with E-state index in [9.17, 15) is 4.79 Å². The molecule has 0 spiro atoms. The number of carbonyl (C=O) groups excluding carboxylic acids is 1. The van der Waals surface area contributed by atoms with Crippen molar-refractivity contribution < 1.29 is 19.0 Å². The molecule has 0 unspecified atom stereocenters. The first-order valence-corrected chi connectivity index (χ1v) is 11.8. The average Bonchev–Trinajstić information content (AvgIpc) is 3.24. The number of hydrogen-bond acceptors (Lipinski definition) is 9. The molecule has 0 bridgehead atoms. The van der Waals surface area contributed by atoms with Crippen LogP contribution in [0.2, 0.25) is 0 Å². The number of hydrogen-bond donors (Lipinski definition) is 2. The molecule has 3 rings (SSSR count). The Bertz CT molecular complexity index is 1050. The SMILES string of the molecule is CCOCCNc1nc(SCC)nc2c1cnn2CCNC(=O)c1cc(OC)cc(OC)c1. The lowest BCUT2D eigenvalue weighted by molar-refractivity contribution is 0.0951. The van der Waals surface area contributed by atoms with E-state index in [1.54, 1.807) is 55.1 Å². The number of benzene rings is 1. The molecule has 0 aliphatic rings. The van der Waals surface area contributed by atoms with Crippen LogP contribution in [0.4, 0.5) is 5.82 Å². The maximum absolute atomic E-state index is 12.6. The van der Waals surface area contributed by atoms with Crippen LogP contribution in [-0.2, 0) is 11.3 Å². The number of amides is 1. The van der Waals surface area contributed by atoms with Crippen LogP contribution in [0.3, 0.4) is 0 Å². The van der Waals surface area contributed by atoms with Gasteiger partial charge in [0.25, 0.3) is 5.91 Å². The van der Waals surface area contributed by atoms with Crippen molar-refractivity contribution in [1.82, 2.24) is 25.1 Å². The van der Waals surface area contributed by atoms with Crippen LogP contribution in [0.25, 0.3) is 11.0 Å². The summed E-state index contributed by atoms with van der Waals surface area (Å²) in [5, 5.41) is 12.2. The van der Waals surface area contributed by atoms with Gasteiger partial charge in [-0.25, -0.2) is 14.6 Å². The lowest BCUT2D eigenvalue weighted by Crippen LogP contribution is -2.27. The Hall–Kier alpha value is -3.05. The second-order valence-corrected chi connectivity index (χ2v) is 8.10. The molecule has 178 valence electrons. The molecule has 0 fully saturated rings. The van der Waals surface area contributed by atoms with Gasteiger partial charge < -0.3 is 24.8 Å². The number of fused-ring (bicyclic) bond motifs is 1. The zero-order valence-corrected chi connectivity index (χ0v) is 20.2. The number of aromatic nitrogens is 4. The third-order valence-electron chi connectivity index (χ3n) is 4.71. The zero-order chi connectivity index (χ0) is 23.6. The van der Waals surface area contributed by atoms with E-state index in [2.05, 4.69) is 32.6 Å². The standard InChI is InChI=1S/C22H30N6O4S/c1-5-32-10-8-23-19-18-14-25-28(20(18)27-22(26-19)33-6-2)9-7-24-21(29)15-11-16(30-3)13-17(12-15)31-4/h11-14H,5-10H2,1-4H3,(H,24,29)(H,23,26,27). The molecular formula is C22H30N6O4S. The molecule has 10 nitrogen and oxygen atoms in total. The topological polar surface area (TPSA) is 112 Å². The summed E-state index contributed by atoms with van der Waals surface area (Å²) in [6.45, 7) is 6.76. The molecule has 0 radical (unpaired) electrons. The molecule has 0 atom stereocenters. The highest BCUT2D eigenvalue weighted by atomic mass is 32.2. The van der Waals surface area contributed by atoms with E-state index in [0.29, 0.717) is 55.1 Å². The van der Waals surface area contributed by atoms with Gasteiger partial charge in [-0.05, 0) is 24.8 Å². The summed E-state index contributed by atoms with van der Waals surface area (Å²) in [4.78, 5) is 21.9. The van der Waals surface area contributed by atoms with Gasteiger partial charge in [-0.15, -0.1) is 0 Å². The molecule has 33 heavy (non-hydrogen) atoms. The van der Waals surface area contributed by atoms with Gasteiger partial charge in [0.15, 0.2) is 10.8 Å². The first kappa shape index (κ1) is 24.6. The zero-order valence-electron chi connectivity index (χ0n) is 19.4. The maximum Gasteiger partial charge on any atom is 0.251 e. The number of methoxy groups -OCH3 is 2. The summed E-state index contributed by atoms with van der Waals surface area (Å²) < 4.78 is 17.7. The van der Waals surface area contributed by atoms with Crippen LogP contribution in [0.15, 0.2) is 29.6 Å². The van der Waals surface area contributed by atoms with Crippen molar-refractivity contribution in [3.63, 3.8) is 0 Å². The lowest BCUT2D eigenvalue weighted by atomic mass is 10.2. The minimum absolute atomic E-state index is 0.223. The van der Waals surface area contributed by atoms with E-state index in [1.807, 2.05) is 6.92 Å². The number of anilines is 1. The highest BCUT2D eigenvalue weighted by Gasteiger charge is 2.14. The summed E-state index contributed by atoms with van der Waals surface area (Å²) in [5.74, 6) is 2.48. The Balaban J connectivity index is 1.71. The summed E-state index contributed by atoms with van der Waals surface area (Å²) >= 11 is 1.57. The van der Waals surface area contributed by atoms with E-state index < -0.39 is 0 Å². The van der Waals surface area contributed by atoms with Crippen LogP contribution >= 0.6 is 11.8 Å². The molecule has 0 aliphatic heterocycles. The van der Waals surface area contributed by atoms with Gasteiger partial charge in [-0.1, -0.05) is 18.7 Å². The van der Waals surface area contributed by atoms with Gasteiger partial charge in [0.05, 0.1) is 39.0 Å². The highest BCUT2D eigenvalue weighted by Crippen LogP contribution is 2.24. The minimum Gasteiger partial charge on any atom is -0.497 e. The molecule has 2 N–H and O–H groups in total. The van der Waals surface area contributed by atoms with Crippen molar-refractivity contribution in [2.24, 2.45) is 0 Å². The molecule has 2 heterocycles. The van der Waals surface area contributed by atoms with Gasteiger partial charge in [0, 0.05) is 31.3 Å². The van der Waals surface area contributed by atoms with Gasteiger partial charge in [0.1, 0.15) is 17.3 Å². The molecule has 11 heteroatoms. The lowest BCUT2D eigenvalue weighted by Gasteiger charge is -2.11. The fourth-order valence-electron chi connectivity index (χ4n) is 3.13. The first-order valence-electron chi connectivity index (χ1n) is 10.8. The molecule has 0 saturated heterocycles. The largest absolute Gasteiger partial charge is 0.497 e. The van der Waals surface area contributed by atoms with Crippen molar-refractivity contribution in [3.8, 4) is 11.5 Å².